The molecular formula is C11H10BF2NO. The molecule has 1 aliphatic rings. The number of phenols is 1. The Bertz CT molecular complexity index is 456. The summed E-state index contributed by atoms with van der Waals surface area (Å²) in [6.07, 6.45) is -0.844. The third-order valence-electron chi connectivity index (χ3n) is 2.99. The van der Waals surface area contributed by atoms with Crippen LogP contribution in [0.3, 0.4) is 0 Å². The molecule has 0 atom stereocenters. The van der Waals surface area contributed by atoms with Crippen molar-refractivity contribution in [2.45, 2.75) is 25.5 Å². The van der Waals surface area contributed by atoms with E-state index in [2.05, 4.69) is 5.97 Å². The number of nitriles is 1. The van der Waals surface area contributed by atoms with Crippen molar-refractivity contribution in [3.05, 3.63) is 28.8 Å². The van der Waals surface area contributed by atoms with Crippen LogP contribution in [-0.2, 0) is 12.7 Å². The summed E-state index contributed by atoms with van der Waals surface area (Å²) >= 11 is 0. The van der Waals surface area contributed by atoms with Crippen molar-refractivity contribution in [1.29, 1.82) is 5.26 Å². The van der Waals surface area contributed by atoms with Crippen molar-refractivity contribution in [3.8, 4) is 11.7 Å². The predicted molar refractivity (Wildman–Crippen MR) is 56.6 cm³/mol. The van der Waals surface area contributed by atoms with Gasteiger partial charge >= 0.3 is 0 Å². The van der Waals surface area contributed by atoms with Gasteiger partial charge in [0, 0.05) is 11.5 Å². The van der Waals surface area contributed by atoms with Gasteiger partial charge in [-0.15, -0.1) is 0 Å². The normalized spacial score (nSPS) is 14.8. The van der Waals surface area contributed by atoms with Gasteiger partial charge < -0.3 is 5.11 Å². The highest BCUT2D eigenvalue weighted by atomic mass is 19.3. The van der Waals surface area contributed by atoms with Gasteiger partial charge in [-0.05, 0) is 36.0 Å². The Morgan fingerprint density at radius 2 is 2.19 bits per heavy atom. The van der Waals surface area contributed by atoms with E-state index in [9.17, 15) is 13.9 Å². The van der Waals surface area contributed by atoms with Crippen molar-refractivity contribution in [2.24, 2.45) is 0 Å². The molecule has 0 spiro atoms. The zero-order valence-corrected chi connectivity index (χ0v) is 8.58. The fourth-order valence-corrected chi connectivity index (χ4v) is 2.11. The molecule has 1 aromatic rings. The summed E-state index contributed by atoms with van der Waals surface area (Å²) in [4.78, 5) is 0. The molecule has 1 N–H and O–H groups in total. The van der Waals surface area contributed by atoms with E-state index in [1.165, 1.54) is 6.07 Å². The molecule has 0 fully saturated rings. The number of phenolic OH excluding ortho intramolecular Hbond substituents is 1. The molecule has 1 heterocycles. The van der Waals surface area contributed by atoms with Crippen LogP contribution in [-0.4, -0.2) is 11.8 Å². The lowest BCUT2D eigenvalue weighted by Crippen LogP contribution is -2.22. The summed E-state index contributed by atoms with van der Waals surface area (Å²) in [7, 11) is 0. The average Bonchev–Trinajstić information content (AvgIpc) is 2.28. The van der Waals surface area contributed by atoms with Crippen molar-refractivity contribution < 1.29 is 13.9 Å². The van der Waals surface area contributed by atoms with E-state index >= 15 is 0 Å². The minimum absolute atomic E-state index is 0.104. The topological polar surface area (TPSA) is 44.0 Å². The van der Waals surface area contributed by atoms with Gasteiger partial charge in [0.15, 0.2) is 0 Å². The molecular weight excluding hydrogens is 211 g/mol. The minimum Gasteiger partial charge on any atom is -0.508 e. The molecule has 1 aliphatic heterocycles. The number of nitrogens with zero attached hydrogens (tertiary/aromatic N) is 1. The van der Waals surface area contributed by atoms with Gasteiger partial charge in [0.25, 0.3) is 13.1 Å². The van der Waals surface area contributed by atoms with E-state index in [1.807, 2.05) is 0 Å². The third-order valence-corrected chi connectivity index (χ3v) is 2.99. The van der Waals surface area contributed by atoms with Crippen LogP contribution < -0.4 is 0 Å². The molecule has 0 saturated carbocycles. The minimum atomic E-state index is -2.56. The summed E-state index contributed by atoms with van der Waals surface area (Å²) in [6, 6.07) is 2.54. The van der Waals surface area contributed by atoms with Gasteiger partial charge in [0.2, 0.25) is 0 Å². The van der Waals surface area contributed by atoms with E-state index in [0.717, 1.165) is 11.6 Å². The van der Waals surface area contributed by atoms with Crippen LogP contribution in [0.15, 0.2) is 12.1 Å². The summed E-state index contributed by atoms with van der Waals surface area (Å²) in [6.45, 7) is -0.115. The zero-order valence-electron chi connectivity index (χ0n) is 8.58. The highest BCUT2D eigenvalue weighted by Crippen LogP contribution is 2.33. The highest BCUT2D eigenvalue weighted by molar-refractivity contribution is 6.66. The first-order valence-corrected chi connectivity index (χ1v) is 5.14. The number of halogens is 2. The zero-order chi connectivity index (χ0) is 11.7. The SMILES string of the molecule is N#CB1CCc2cc(C(F)F)cc(O)c2C1. The van der Waals surface area contributed by atoms with Crippen LogP contribution >= 0.6 is 0 Å². The van der Waals surface area contributed by atoms with Crippen LogP contribution in [0.2, 0.25) is 6.32 Å². The highest BCUT2D eigenvalue weighted by Gasteiger charge is 2.25. The number of rotatable bonds is 1. The second-order valence-electron chi connectivity index (χ2n) is 4.05. The number of aromatic hydroxyl groups is 1. The lowest BCUT2D eigenvalue weighted by molar-refractivity contribution is 0.151. The van der Waals surface area contributed by atoms with Crippen molar-refractivity contribution in [2.75, 3.05) is 0 Å². The smallest absolute Gasteiger partial charge is 0.272 e. The van der Waals surface area contributed by atoms with E-state index in [4.69, 9.17) is 5.26 Å². The van der Waals surface area contributed by atoms with Gasteiger partial charge in [-0.1, -0.05) is 6.32 Å². The molecule has 0 unspecified atom stereocenters. The second kappa shape index (κ2) is 4.13. The number of hydrogen-bond donors (Lipinski definition) is 1. The van der Waals surface area contributed by atoms with Crippen LogP contribution in [0.25, 0.3) is 0 Å². The van der Waals surface area contributed by atoms with Gasteiger partial charge in [-0.2, -0.15) is 0 Å². The van der Waals surface area contributed by atoms with E-state index < -0.39 is 6.43 Å². The first-order chi connectivity index (χ1) is 7.61. The second-order valence-corrected chi connectivity index (χ2v) is 4.05. The van der Waals surface area contributed by atoms with Gasteiger partial charge in [0.1, 0.15) is 5.75 Å². The summed E-state index contributed by atoms with van der Waals surface area (Å²) in [5, 5.41) is 18.5. The van der Waals surface area contributed by atoms with Crippen molar-refractivity contribution >= 4 is 6.71 Å². The van der Waals surface area contributed by atoms with E-state index in [1.54, 1.807) is 0 Å². The average molecular weight is 221 g/mol. The molecule has 2 nitrogen and oxygen atoms in total. The quantitative estimate of drug-likeness (QED) is 0.740. The number of benzene rings is 1. The summed E-state index contributed by atoms with van der Waals surface area (Å²) in [5.41, 5.74) is 1.26. The van der Waals surface area contributed by atoms with E-state index in [0.29, 0.717) is 24.6 Å². The van der Waals surface area contributed by atoms with Crippen LogP contribution in [0, 0.1) is 11.2 Å². The Balaban J connectivity index is 2.41. The summed E-state index contributed by atoms with van der Waals surface area (Å²) < 4.78 is 25.0. The van der Waals surface area contributed by atoms with Crippen LogP contribution in [0.4, 0.5) is 8.78 Å². The summed E-state index contributed by atoms with van der Waals surface area (Å²) in [5.74, 6) is 2.05. The Hall–Kier alpha value is -1.57. The van der Waals surface area contributed by atoms with Crippen molar-refractivity contribution in [3.63, 3.8) is 0 Å². The Labute approximate surface area is 92.6 Å². The monoisotopic (exact) mass is 221 g/mol. The first-order valence-electron chi connectivity index (χ1n) is 5.14. The predicted octanol–water partition coefficient (Wildman–Crippen LogP) is 2.53. The molecule has 16 heavy (non-hydrogen) atoms. The fraction of sp³-hybridized carbons (Fsp3) is 0.364. The largest absolute Gasteiger partial charge is 0.508 e. The molecule has 2 rings (SSSR count). The number of hydrogen-bond acceptors (Lipinski definition) is 2. The molecule has 0 aromatic heterocycles. The van der Waals surface area contributed by atoms with Crippen molar-refractivity contribution in [1.82, 2.24) is 0 Å². The van der Waals surface area contributed by atoms with Gasteiger partial charge in [-0.25, -0.2) is 14.0 Å². The fourth-order valence-electron chi connectivity index (χ4n) is 2.11. The maximum absolute atomic E-state index is 12.5. The third kappa shape index (κ3) is 1.88. The molecule has 5 heteroatoms. The first kappa shape index (κ1) is 10.9. The molecule has 0 bridgehead atoms. The Morgan fingerprint density at radius 1 is 1.44 bits per heavy atom. The number of alkyl halides is 2. The Kier molecular flexibility index (Phi) is 2.82. The number of fused-ring (bicyclic) bond motifs is 1. The number of aryl methyl sites for hydroxylation is 1. The van der Waals surface area contributed by atoms with E-state index in [-0.39, 0.29) is 18.0 Å². The molecule has 0 saturated heterocycles. The molecule has 0 radical (unpaired) electrons. The van der Waals surface area contributed by atoms with Crippen LogP contribution in [0.1, 0.15) is 23.1 Å². The lowest BCUT2D eigenvalue weighted by atomic mass is 9.42. The lowest BCUT2D eigenvalue weighted by Gasteiger charge is -2.19. The van der Waals surface area contributed by atoms with Crippen LogP contribution in [0.5, 0.6) is 5.75 Å². The molecule has 0 aliphatic carbocycles. The van der Waals surface area contributed by atoms with Gasteiger partial charge in [0.05, 0.1) is 0 Å². The maximum Gasteiger partial charge on any atom is 0.272 e. The molecule has 82 valence electrons. The Morgan fingerprint density at radius 3 is 2.81 bits per heavy atom. The molecule has 0 amide bonds. The standard InChI is InChI=1S/C11H10BF2NO/c13-11(14)8-3-7-1-2-12(6-15)5-9(7)10(16)4-8/h3-4,11,16H,1-2,5H2. The maximum atomic E-state index is 12.5. The van der Waals surface area contributed by atoms with Gasteiger partial charge in [-0.3, -0.25) is 0 Å². The molecule has 1 aromatic carbocycles.